The molecule has 142 valence electrons. The molecule has 1 heterocycles. The molecule has 1 N–H and O–H groups in total. The van der Waals surface area contributed by atoms with Crippen molar-refractivity contribution in [2.45, 2.75) is 12.7 Å². The van der Waals surface area contributed by atoms with Crippen LogP contribution in [0.2, 0.25) is 0 Å². The molecule has 0 radical (unpaired) electrons. The van der Waals surface area contributed by atoms with E-state index in [1.54, 1.807) is 14.2 Å². The smallest absolute Gasteiger partial charge is 0.258 e. The van der Waals surface area contributed by atoms with Crippen molar-refractivity contribution in [1.29, 1.82) is 0 Å². The molecule has 0 unspecified atom stereocenters. The predicted molar refractivity (Wildman–Crippen MR) is 109 cm³/mol. The average Bonchev–Trinajstić information content (AvgIpc) is 2.76. The van der Waals surface area contributed by atoms with Crippen molar-refractivity contribution in [3.8, 4) is 11.5 Å². The first-order valence-corrected chi connectivity index (χ1v) is 9.13. The lowest BCUT2D eigenvalue weighted by molar-refractivity contribution is 0.0666. The third-order valence-corrected chi connectivity index (χ3v) is 4.97. The van der Waals surface area contributed by atoms with Gasteiger partial charge in [-0.1, -0.05) is 36.4 Å². The fraction of sp³-hybridized carbons (Fsp3) is 0.174. The maximum Gasteiger partial charge on any atom is 0.258 e. The lowest BCUT2D eigenvalue weighted by Crippen LogP contribution is -2.42. The lowest BCUT2D eigenvalue weighted by Gasteiger charge is -2.38. The average molecular weight is 374 g/mol. The summed E-state index contributed by atoms with van der Waals surface area (Å²) in [5, 5.41) is 3.51. The number of carbonyl (C=O) groups excluding carboxylic acids is 1. The van der Waals surface area contributed by atoms with Crippen molar-refractivity contribution in [3.05, 3.63) is 89.5 Å². The number of amides is 1. The van der Waals surface area contributed by atoms with Crippen molar-refractivity contribution >= 4 is 11.6 Å². The summed E-state index contributed by atoms with van der Waals surface area (Å²) in [5.74, 6) is 1.59. The highest BCUT2D eigenvalue weighted by atomic mass is 16.5. The highest BCUT2D eigenvalue weighted by Gasteiger charge is 2.32. The molecule has 0 aliphatic carbocycles. The van der Waals surface area contributed by atoms with Gasteiger partial charge >= 0.3 is 0 Å². The first-order chi connectivity index (χ1) is 13.7. The summed E-state index contributed by atoms with van der Waals surface area (Å²) in [5.41, 5.74) is 3.56. The number of para-hydroxylation sites is 1. The van der Waals surface area contributed by atoms with E-state index in [2.05, 4.69) is 5.32 Å². The number of rotatable bonds is 5. The summed E-state index contributed by atoms with van der Waals surface area (Å²) in [7, 11) is 3.29. The van der Waals surface area contributed by atoms with Crippen molar-refractivity contribution in [2.24, 2.45) is 0 Å². The van der Waals surface area contributed by atoms with Crippen LogP contribution in [-0.2, 0) is 6.54 Å². The van der Waals surface area contributed by atoms with E-state index in [1.807, 2.05) is 77.7 Å². The van der Waals surface area contributed by atoms with Gasteiger partial charge < -0.3 is 19.7 Å². The molecule has 5 nitrogen and oxygen atoms in total. The SMILES string of the molecule is COc1ccc(CN2C(=O)c3ccccc3N[C@@H]2c2ccc(OC)cc2)cc1. The highest BCUT2D eigenvalue weighted by Crippen LogP contribution is 2.34. The standard InChI is InChI=1S/C23H22N2O3/c1-27-18-11-7-16(8-12-18)15-25-22(17-9-13-19(28-2)14-10-17)24-21-6-4-3-5-20(21)23(25)26/h3-14,22,24H,15H2,1-2H3/t22-/m0/s1. The summed E-state index contributed by atoms with van der Waals surface area (Å²) >= 11 is 0. The van der Waals surface area contributed by atoms with Gasteiger partial charge in [0.15, 0.2) is 0 Å². The maximum atomic E-state index is 13.3. The monoisotopic (exact) mass is 374 g/mol. The van der Waals surface area contributed by atoms with Crippen LogP contribution < -0.4 is 14.8 Å². The van der Waals surface area contributed by atoms with Crippen LogP contribution in [0.1, 0.15) is 27.7 Å². The normalized spacial score (nSPS) is 15.6. The number of methoxy groups -OCH3 is 2. The van der Waals surface area contributed by atoms with Crippen LogP contribution in [0.25, 0.3) is 0 Å². The van der Waals surface area contributed by atoms with Gasteiger partial charge in [-0.25, -0.2) is 0 Å². The number of fused-ring (bicyclic) bond motifs is 1. The van der Waals surface area contributed by atoms with Gasteiger partial charge in [0.25, 0.3) is 5.91 Å². The van der Waals surface area contributed by atoms with Crippen LogP contribution in [0, 0.1) is 0 Å². The molecule has 4 rings (SSSR count). The third kappa shape index (κ3) is 3.39. The number of nitrogens with one attached hydrogen (secondary N) is 1. The molecule has 1 atom stereocenters. The molecule has 3 aromatic rings. The third-order valence-electron chi connectivity index (χ3n) is 4.97. The molecule has 0 spiro atoms. The summed E-state index contributed by atoms with van der Waals surface area (Å²) in [6.07, 6.45) is -0.268. The Morgan fingerprint density at radius 1 is 0.857 bits per heavy atom. The Morgan fingerprint density at radius 2 is 1.46 bits per heavy atom. The fourth-order valence-corrected chi connectivity index (χ4v) is 3.43. The zero-order valence-corrected chi connectivity index (χ0v) is 15.9. The van der Waals surface area contributed by atoms with Crippen LogP contribution in [0.3, 0.4) is 0 Å². The second-order valence-corrected chi connectivity index (χ2v) is 6.65. The Kier molecular flexibility index (Phi) is 4.89. The minimum Gasteiger partial charge on any atom is -0.497 e. The van der Waals surface area contributed by atoms with Gasteiger partial charge in [-0.05, 0) is 47.5 Å². The second kappa shape index (κ2) is 7.64. The zero-order chi connectivity index (χ0) is 19.5. The number of anilines is 1. The van der Waals surface area contributed by atoms with Crippen LogP contribution in [0.5, 0.6) is 11.5 Å². The largest absolute Gasteiger partial charge is 0.497 e. The highest BCUT2D eigenvalue weighted by molar-refractivity contribution is 6.01. The number of carbonyl (C=O) groups is 1. The van der Waals surface area contributed by atoms with Crippen LogP contribution in [0.15, 0.2) is 72.8 Å². The van der Waals surface area contributed by atoms with E-state index >= 15 is 0 Å². The Labute approximate surface area is 164 Å². The molecule has 1 amide bonds. The summed E-state index contributed by atoms with van der Waals surface area (Å²) in [4.78, 5) is 15.1. The van der Waals surface area contributed by atoms with Crippen LogP contribution >= 0.6 is 0 Å². The molecule has 0 fully saturated rings. The minimum absolute atomic E-state index is 0.00554. The molecular weight excluding hydrogens is 352 g/mol. The Bertz CT molecular complexity index is 968. The summed E-state index contributed by atoms with van der Waals surface area (Å²) in [6, 6.07) is 23.2. The van der Waals surface area contributed by atoms with Gasteiger partial charge in [0.2, 0.25) is 0 Å². The number of benzene rings is 3. The Morgan fingerprint density at radius 3 is 2.11 bits per heavy atom. The zero-order valence-electron chi connectivity index (χ0n) is 15.9. The molecule has 1 aliphatic heterocycles. The summed E-state index contributed by atoms with van der Waals surface area (Å²) in [6.45, 7) is 0.487. The molecule has 28 heavy (non-hydrogen) atoms. The van der Waals surface area contributed by atoms with Crippen LogP contribution in [-0.4, -0.2) is 25.0 Å². The van der Waals surface area contributed by atoms with Gasteiger partial charge in [-0.15, -0.1) is 0 Å². The van der Waals surface area contributed by atoms with E-state index < -0.39 is 0 Å². The predicted octanol–water partition coefficient (Wildman–Crippen LogP) is 4.47. The fourth-order valence-electron chi connectivity index (χ4n) is 3.43. The van der Waals surface area contributed by atoms with Crippen LogP contribution in [0.4, 0.5) is 5.69 Å². The molecule has 3 aromatic carbocycles. The molecule has 0 saturated carbocycles. The molecule has 5 heteroatoms. The molecule has 0 saturated heterocycles. The number of ether oxygens (including phenoxy) is 2. The van der Waals surface area contributed by atoms with Gasteiger partial charge in [0.1, 0.15) is 17.7 Å². The van der Waals surface area contributed by atoms with Crippen molar-refractivity contribution in [3.63, 3.8) is 0 Å². The van der Waals surface area contributed by atoms with Gasteiger partial charge in [-0.2, -0.15) is 0 Å². The Balaban J connectivity index is 1.70. The van der Waals surface area contributed by atoms with E-state index in [9.17, 15) is 4.79 Å². The van der Waals surface area contributed by atoms with Gasteiger partial charge in [-0.3, -0.25) is 4.79 Å². The Hall–Kier alpha value is -3.47. The van der Waals surface area contributed by atoms with E-state index in [0.29, 0.717) is 12.1 Å². The topological polar surface area (TPSA) is 50.8 Å². The number of hydrogen-bond acceptors (Lipinski definition) is 4. The van der Waals surface area contributed by atoms with E-state index in [1.165, 1.54) is 0 Å². The quantitative estimate of drug-likeness (QED) is 0.716. The van der Waals surface area contributed by atoms with E-state index in [-0.39, 0.29) is 12.1 Å². The molecular formula is C23H22N2O3. The molecule has 0 aromatic heterocycles. The van der Waals surface area contributed by atoms with Crippen molar-refractivity contribution in [1.82, 2.24) is 4.90 Å². The van der Waals surface area contributed by atoms with Crippen molar-refractivity contribution in [2.75, 3.05) is 19.5 Å². The van der Waals surface area contributed by atoms with Gasteiger partial charge in [0.05, 0.1) is 19.8 Å². The summed E-state index contributed by atoms with van der Waals surface area (Å²) < 4.78 is 10.5. The maximum absolute atomic E-state index is 13.3. The number of nitrogens with zero attached hydrogens (tertiary/aromatic N) is 1. The number of hydrogen-bond donors (Lipinski definition) is 1. The second-order valence-electron chi connectivity index (χ2n) is 6.65. The first-order valence-electron chi connectivity index (χ1n) is 9.13. The van der Waals surface area contributed by atoms with Crippen molar-refractivity contribution < 1.29 is 14.3 Å². The lowest BCUT2D eigenvalue weighted by atomic mass is 10.0. The molecule has 0 bridgehead atoms. The van der Waals surface area contributed by atoms with E-state index in [0.717, 1.165) is 28.3 Å². The van der Waals surface area contributed by atoms with E-state index in [4.69, 9.17) is 9.47 Å². The first kappa shape index (κ1) is 17.9. The van der Waals surface area contributed by atoms with Gasteiger partial charge in [0, 0.05) is 12.2 Å². The minimum atomic E-state index is -0.268. The molecule has 1 aliphatic rings.